The van der Waals surface area contributed by atoms with Crippen LogP contribution in [0.3, 0.4) is 0 Å². The van der Waals surface area contributed by atoms with Gasteiger partial charge in [0.2, 0.25) is 23.2 Å². The van der Waals surface area contributed by atoms with Crippen molar-refractivity contribution in [3.63, 3.8) is 0 Å². The fourth-order valence-corrected chi connectivity index (χ4v) is 8.69. The summed E-state index contributed by atoms with van der Waals surface area (Å²) in [6.07, 6.45) is 5.95. The van der Waals surface area contributed by atoms with Crippen LogP contribution < -0.4 is 37.3 Å². The van der Waals surface area contributed by atoms with Gasteiger partial charge in [0.1, 0.15) is 41.9 Å². The lowest BCUT2D eigenvalue weighted by molar-refractivity contribution is -0.925. The zero-order chi connectivity index (χ0) is 51.7. The number of quaternary nitrogens is 1. The van der Waals surface area contributed by atoms with Crippen LogP contribution in [0.5, 0.6) is 0 Å². The van der Waals surface area contributed by atoms with E-state index in [0.29, 0.717) is 61.6 Å². The molecule has 0 radical (unpaired) electrons. The maximum absolute atomic E-state index is 15.9. The number of halogens is 3. The van der Waals surface area contributed by atoms with Crippen molar-refractivity contribution < 1.29 is 56.3 Å². The van der Waals surface area contributed by atoms with Crippen molar-refractivity contribution in [2.24, 2.45) is 11.7 Å². The summed E-state index contributed by atoms with van der Waals surface area (Å²) in [5.41, 5.74) is 4.27. The van der Waals surface area contributed by atoms with Gasteiger partial charge in [-0.2, -0.15) is 0 Å². The van der Waals surface area contributed by atoms with E-state index in [4.69, 9.17) is 5.73 Å². The third kappa shape index (κ3) is 13.2. The van der Waals surface area contributed by atoms with Gasteiger partial charge in [0.25, 0.3) is 11.8 Å². The molecule has 3 unspecified atom stereocenters. The number of anilines is 2. The Bertz CT molecular complexity index is 2780. The van der Waals surface area contributed by atoms with Crippen molar-refractivity contribution in [1.82, 2.24) is 30.4 Å². The van der Waals surface area contributed by atoms with Gasteiger partial charge in [-0.1, -0.05) is 32.4 Å². The zero-order valence-electron chi connectivity index (χ0n) is 39.8. The summed E-state index contributed by atoms with van der Waals surface area (Å²) < 4.78 is 46.2. The molecule has 3 atom stereocenters. The summed E-state index contributed by atoms with van der Waals surface area (Å²) in [6.45, 7) is 5.09. The van der Waals surface area contributed by atoms with Crippen LogP contribution in [0.25, 0.3) is 16.7 Å². The first-order chi connectivity index (χ1) is 33.6. The van der Waals surface area contributed by atoms with Gasteiger partial charge in [0.05, 0.1) is 31.7 Å². The summed E-state index contributed by atoms with van der Waals surface area (Å²) in [6, 6.07) is 7.76. The molecule has 378 valence electrons. The number of hydrogen-bond donors (Lipinski definition) is 6. The second kappa shape index (κ2) is 22.9. The largest absolute Gasteiger partial charge is 0.477 e. The first-order valence-electron chi connectivity index (χ1n) is 23.2. The van der Waals surface area contributed by atoms with Crippen LogP contribution in [0.4, 0.5) is 29.5 Å². The van der Waals surface area contributed by atoms with Crippen LogP contribution in [0.2, 0.25) is 0 Å². The summed E-state index contributed by atoms with van der Waals surface area (Å²) in [5, 5.41) is 20.2. The second-order valence-corrected chi connectivity index (χ2v) is 18.6. The first-order valence-corrected chi connectivity index (χ1v) is 23.2. The minimum Gasteiger partial charge on any atom is -0.477 e. The van der Waals surface area contributed by atoms with E-state index in [1.807, 2.05) is 26.2 Å². The number of urea groups is 1. The molecule has 7 amide bonds. The highest BCUT2D eigenvalue weighted by atomic mass is 19.1. The third-order valence-corrected chi connectivity index (χ3v) is 12.6. The number of carboxylic acid groups (broad SMARTS) is 1. The number of primary amides is 1. The predicted octanol–water partition coefficient (Wildman–Crippen LogP) is 3.85. The van der Waals surface area contributed by atoms with E-state index >= 15 is 8.78 Å². The molecule has 0 saturated carbocycles. The molecule has 2 aromatic heterocycles. The molecular formula is C49H58F3N10O9+. The van der Waals surface area contributed by atoms with Gasteiger partial charge in [-0.3, -0.25) is 38.2 Å². The smallest absolute Gasteiger partial charge is 0.341 e. The third-order valence-electron chi connectivity index (χ3n) is 12.6. The van der Waals surface area contributed by atoms with E-state index in [0.717, 1.165) is 39.4 Å². The Kier molecular flexibility index (Phi) is 17.0. The van der Waals surface area contributed by atoms with E-state index in [-0.39, 0.29) is 79.2 Å². The molecule has 0 bridgehead atoms. The van der Waals surface area contributed by atoms with E-state index in [1.165, 1.54) is 12.2 Å². The predicted molar refractivity (Wildman–Crippen MR) is 256 cm³/mol. The van der Waals surface area contributed by atoms with E-state index in [1.54, 1.807) is 30.9 Å². The quantitative estimate of drug-likeness (QED) is 0.0375. The van der Waals surface area contributed by atoms with Crippen molar-refractivity contribution in [3.8, 4) is 5.69 Å². The van der Waals surface area contributed by atoms with Gasteiger partial charge < -0.3 is 41.5 Å². The van der Waals surface area contributed by atoms with E-state index in [9.17, 15) is 47.9 Å². The van der Waals surface area contributed by atoms with Crippen LogP contribution in [0.1, 0.15) is 74.7 Å². The summed E-state index contributed by atoms with van der Waals surface area (Å²) >= 11 is 0. The van der Waals surface area contributed by atoms with Crippen LogP contribution >= 0.6 is 0 Å². The number of unbranched alkanes of at least 4 members (excludes halogenated alkanes) is 2. The first kappa shape index (κ1) is 52.7. The number of aromatic carboxylic acids is 1. The fraction of sp³-hybridized carbons (Fsp3) is 0.408. The zero-order valence-corrected chi connectivity index (χ0v) is 39.8. The Labute approximate surface area is 406 Å². The Morgan fingerprint density at radius 2 is 1.59 bits per heavy atom. The Hall–Kier alpha value is -7.62. The number of carboxylic acids is 1. The number of nitrogens with zero attached hydrogens (tertiary/aromatic N) is 5. The highest BCUT2D eigenvalue weighted by Crippen LogP contribution is 2.30. The SMILES string of the molecule is CC(C)C(NC(=O)CCCCCN1C(=O)C=CC1=O)C(=O)NC(CCCNC(N)=O)C(=O)Nc1ccc(C[N+](C)(C)C2CCN(c3nc4c(cc3F)c(=O)c(C(=O)O)cn4-c3ccc(F)cc3F)C2)cc1. The standard InChI is InChI=1S/C49H57F3N10O9/c1-28(2)42(57-39(63)10-6-5-7-21-60-40(64)17-18-41(60)65)47(68)56-37(9-8-20-54-49(53)71)46(67)55-31-14-11-29(12-15-31)27-62(3,4)32-19-22-59(25-32)45-36(52)24-33-43(66)34(48(69)70)26-61(44(33)58-45)38-16-13-30(50)23-35(38)51/h11-18,23-24,26,28,32,37,42H,5-10,19-22,25,27H2,1-4H3,(H6-,53,54,55,56,57,63,67,68,69,70,71)/p+1. The summed E-state index contributed by atoms with van der Waals surface area (Å²) in [5.74, 6) is -7.15. The van der Waals surface area contributed by atoms with Crippen LogP contribution in [0.15, 0.2) is 71.7 Å². The number of imide groups is 1. The molecule has 2 aromatic carbocycles. The normalized spacial score (nSPS) is 15.6. The molecule has 2 aliphatic rings. The highest BCUT2D eigenvalue weighted by Gasteiger charge is 2.37. The average molecular weight is 988 g/mol. The molecule has 1 fully saturated rings. The molecular weight excluding hydrogens is 930 g/mol. The number of likely N-dealkylation sites (N-methyl/N-ethyl adjacent to an activating group) is 1. The molecule has 0 aliphatic carbocycles. The molecule has 19 nitrogen and oxygen atoms in total. The van der Waals surface area contributed by atoms with Crippen molar-refractivity contribution in [3.05, 3.63) is 106 Å². The van der Waals surface area contributed by atoms with Gasteiger partial charge in [-0.05, 0) is 61.9 Å². The number of rotatable bonds is 22. The van der Waals surface area contributed by atoms with Crippen molar-refractivity contribution in [1.29, 1.82) is 0 Å². The van der Waals surface area contributed by atoms with Gasteiger partial charge >= 0.3 is 12.0 Å². The van der Waals surface area contributed by atoms with E-state index < -0.39 is 69.7 Å². The lowest BCUT2D eigenvalue weighted by Crippen LogP contribution is -2.54. The summed E-state index contributed by atoms with van der Waals surface area (Å²) in [7, 11) is 4.01. The molecule has 1 saturated heterocycles. The number of hydrogen-bond acceptors (Lipinski definition) is 10. The molecule has 7 N–H and O–H groups in total. The number of fused-ring (bicyclic) bond motifs is 1. The van der Waals surface area contributed by atoms with Gasteiger partial charge in [-0.15, -0.1) is 0 Å². The minimum atomic E-state index is -1.62. The number of aromatic nitrogens is 2. The average Bonchev–Trinajstić information content (AvgIpc) is 3.93. The van der Waals surface area contributed by atoms with Crippen LogP contribution in [0, 0.1) is 23.4 Å². The van der Waals surface area contributed by atoms with Gasteiger partial charge in [-0.25, -0.2) is 27.7 Å². The van der Waals surface area contributed by atoms with Crippen LogP contribution in [-0.2, 0) is 30.5 Å². The number of benzene rings is 2. The monoisotopic (exact) mass is 987 g/mol. The Balaban J connectivity index is 1.08. The summed E-state index contributed by atoms with van der Waals surface area (Å²) in [4.78, 5) is 108. The molecule has 0 spiro atoms. The van der Waals surface area contributed by atoms with Crippen molar-refractivity contribution in [2.75, 3.05) is 50.5 Å². The second-order valence-electron chi connectivity index (χ2n) is 18.6. The number of nitrogens with one attached hydrogen (secondary N) is 4. The molecule has 2 aliphatic heterocycles. The maximum atomic E-state index is 15.9. The lowest BCUT2D eigenvalue weighted by Gasteiger charge is -2.36. The number of carbonyl (C=O) groups is 7. The fourth-order valence-electron chi connectivity index (χ4n) is 8.69. The minimum absolute atomic E-state index is 0.0611. The number of amides is 7. The Morgan fingerprint density at radius 1 is 0.887 bits per heavy atom. The molecule has 6 rings (SSSR count). The maximum Gasteiger partial charge on any atom is 0.341 e. The van der Waals surface area contributed by atoms with Crippen molar-refractivity contribution >= 4 is 64.1 Å². The van der Waals surface area contributed by atoms with Gasteiger partial charge in [0, 0.05) is 68.1 Å². The van der Waals surface area contributed by atoms with Gasteiger partial charge in [0.15, 0.2) is 17.3 Å². The number of pyridine rings is 2. The molecule has 4 heterocycles. The highest BCUT2D eigenvalue weighted by molar-refractivity contribution is 6.12. The topological polar surface area (TPSA) is 255 Å². The lowest BCUT2D eigenvalue weighted by atomic mass is 10.0. The van der Waals surface area contributed by atoms with Crippen LogP contribution in [-0.4, -0.2) is 124 Å². The molecule has 71 heavy (non-hydrogen) atoms. The van der Waals surface area contributed by atoms with E-state index in [2.05, 4.69) is 26.3 Å². The Morgan fingerprint density at radius 3 is 2.24 bits per heavy atom. The molecule has 22 heteroatoms. The number of carbonyl (C=O) groups excluding carboxylic acids is 6. The van der Waals surface area contributed by atoms with Crippen molar-refractivity contribution in [2.45, 2.75) is 83.5 Å². The number of nitrogens with two attached hydrogens (primary N) is 1. The molecule has 4 aromatic rings.